The van der Waals surface area contributed by atoms with Crippen LogP contribution in [0.2, 0.25) is 5.02 Å². The highest BCUT2D eigenvalue weighted by Crippen LogP contribution is 2.26. The summed E-state index contributed by atoms with van der Waals surface area (Å²) in [5.74, 6) is 0.948. The number of hydrogen-bond acceptors (Lipinski definition) is 2. The molecule has 82 valence electrons. The van der Waals surface area contributed by atoms with Crippen LogP contribution in [-0.2, 0) is 5.75 Å². The number of halogens is 1. The predicted molar refractivity (Wildman–Crippen MR) is 70.0 cm³/mol. The Morgan fingerprint density at radius 3 is 2.75 bits per heavy atom. The molecule has 0 aliphatic rings. The quantitative estimate of drug-likeness (QED) is 0.751. The number of pyridine rings is 1. The van der Waals surface area contributed by atoms with Gasteiger partial charge in [0, 0.05) is 16.8 Å². The van der Waals surface area contributed by atoms with Crippen molar-refractivity contribution in [1.82, 2.24) is 4.98 Å². The number of aromatic nitrogens is 1. The maximum absolute atomic E-state index is 5.92. The molecular weight excluding hydrogens is 238 g/mol. The molecule has 0 saturated heterocycles. The van der Waals surface area contributed by atoms with Gasteiger partial charge in [0.1, 0.15) is 0 Å². The van der Waals surface area contributed by atoms with Crippen molar-refractivity contribution in [1.29, 1.82) is 0 Å². The monoisotopic (exact) mass is 249 g/mol. The summed E-state index contributed by atoms with van der Waals surface area (Å²) in [5.41, 5.74) is 2.34. The topological polar surface area (TPSA) is 12.9 Å². The molecule has 0 saturated carbocycles. The van der Waals surface area contributed by atoms with E-state index in [0.717, 1.165) is 16.3 Å². The molecule has 1 aromatic carbocycles. The van der Waals surface area contributed by atoms with Crippen molar-refractivity contribution in [3.05, 3.63) is 58.9 Å². The Morgan fingerprint density at radius 2 is 2.00 bits per heavy atom. The summed E-state index contributed by atoms with van der Waals surface area (Å²) in [7, 11) is 0. The summed E-state index contributed by atoms with van der Waals surface area (Å²) in [5, 5.41) is 0.696. The van der Waals surface area contributed by atoms with Crippen LogP contribution in [0.25, 0.3) is 0 Å². The van der Waals surface area contributed by atoms with E-state index in [1.807, 2.05) is 19.1 Å². The van der Waals surface area contributed by atoms with Gasteiger partial charge in [-0.05, 0) is 18.6 Å². The lowest BCUT2D eigenvalue weighted by Crippen LogP contribution is -1.86. The second-order valence-electron chi connectivity index (χ2n) is 3.51. The first-order valence-electron chi connectivity index (χ1n) is 5.04. The van der Waals surface area contributed by atoms with Gasteiger partial charge < -0.3 is 0 Å². The second-order valence-corrected chi connectivity index (χ2v) is 4.96. The predicted octanol–water partition coefficient (Wildman–Crippen LogP) is 4.34. The first-order chi connectivity index (χ1) is 7.75. The third kappa shape index (κ3) is 3.00. The third-order valence-corrected chi connectivity index (χ3v) is 3.65. The highest BCUT2D eigenvalue weighted by Gasteiger charge is 2.02. The Hall–Kier alpha value is -0.990. The minimum Gasteiger partial charge on any atom is -0.259 e. The summed E-state index contributed by atoms with van der Waals surface area (Å²) >= 11 is 7.69. The maximum Gasteiger partial charge on any atom is 0.0600 e. The molecule has 2 aromatic rings. The highest BCUT2D eigenvalue weighted by molar-refractivity contribution is 7.98. The fourth-order valence-corrected chi connectivity index (χ4v) is 2.58. The Labute approximate surface area is 105 Å². The van der Waals surface area contributed by atoms with Gasteiger partial charge in [0.05, 0.1) is 10.7 Å². The zero-order chi connectivity index (χ0) is 11.4. The van der Waals surface area contributed by atoms with E-state index < -0.39 is 0 Å². The Kier molecular flexibility index (Phi) is 3.86. The molecule has 0 radical (unpaired) electrons. The van der Waals surface area contributed by atoms with Crippen molar-refractivity contribution in [2.24, 2.45) is 0 Å². The van der Waals surface area contributed by atoms with Crippen LogP contribution in [-0.4, -0.2) is 4.98 Å². The van der Waals surface area contributed by atoms with Crippen LogP contribution < -0.4 is 0 Å². The van der Waals surface area contributed by atoms with Gasteiger partial charge in [-0.1, -0.05) is 41.9 Å². The smallest absolute Gasteiger partial charge is 0.0600 e. The average Bonchev–Trinajstić information content (AvgIpc) is 2.32. The Bertz CT molecular complexity index is 471. The van der Waals surface area contributed by atoms with Crippen molar-refractivity contribution in [3.63, 3.8) is 0 Å². The fraction of sp³-hybridized carbons (Fsp3) is 0.154. The first kappa shape index (κ1) is 11.5. The zero-order valence-electron chi connectivity index (χ0n) is 8.98. The van der Waals surface area contributed by atoms with Gasteiger partial charge in [-0.2, -0.15) is 0 Å². The second kappa shape index (κ2) is 5.37. The van der Waals surface area contributed by atoms with Crippen LogP contribution in [0.5, 0.6) is 0 Å². The summed E-state index contributed by atoms with van der Waals surface area (Å²) in [6.45, 7) is 2.00. The molecule has 0 bridgehead atoms. The van der Waals surface area contributed by atoms with E-state index in [1.54, 1.807) is 18.0 Å². The van der Waals surface area contributed by atoms with Gasteiger partial charge in [-0.15, -0.1) is 11.8 Å². The van der Waals surface area contributed by atoms with Crippen LogP contribution in [0.3, 0.4) is 0 Å². The number of benzene rings is 1. The van der Waals surface area contributed by atoms with Crippen molar-refractivity contribution in [2.75, 3.05) is 0 Å². The highest BCUT2D eigenvalue weighted by atomic mass is 35.5. The average molecular weight is 250 g/mol. The van der Waals surface area contributed by atoms with Crippen LogP contribution >= 0.6 is 23.4 Å². The molecule has 0 aliphatic carbocycles. The lowest BCUT2D eigenvalue weighted by molar-refractivity contribution is 1.11. The SMILES string of the molecule is Cc1ncc(Cl)cc1SCc1ccccc1. The maximum atomic E-state index is 5.92. The summed E-state index contributed by atoms with van der Waals surface area (Å²) in [6.07, 6.45) is 1.68. The van der Waals surface area contributed by atoms with Crippen molar-refractivity contribution < 1.29 is 0 Å². The van der Waals surface area contributed by atoms with E-state index in [-0.39, 0.29) is 0 Å². The van der Waals surface area contributed by atoms with E-state index in [2.05, 4.69) is 29.2 Å². The summed E-state index contributed by atoms with van der Waals surface area (Å²) in [4.78, 5) is 5.39. The van der Waals surface area contributed by atoms with Crippen molar-refractivity contribution >= 4 is 23.4 Å². The van der Waals surface area contributed by atoms with E-state index in [0.29, 0.717) is 5.02 Å². The summed E-state index contributed by atoms with van der Waals surface area (Å²) in [6, 6.07) is 12.4. The molecule has 0 amide bonds. The van der Waals surface area contributed by atoms with Crippen LogP contribution in [0.4, 0.5) is 0 Å². The van der Waals surface area contributed by atoms with E-state index in [4.69, 9.17) is 11.6 Å². The van der Waals surface area contributed by atoms with Crippen LogP contribution in [0.15, 0.2) is 47.5 Å². The molecule has 0 unspecified atom stereocenters. The van der Waals surface area contributed by atoms with E-state index in [9.17, 15) is 0 Å². The summed E-state index contributed by atoms with van der Waals surface area (Å²) < 4.78 is 0. The van der Waals surface area contributed by atoms with Gasteiger partial charge >= 0.3 is 0 Å². The third-order valence-electron chi connectivity index (χ3n) is 2.24. The molecule has 0 N–H and O–H groups in total. The van der Waals surface area contributed by atoms with Crippen molar-refractivity contribution in [2.45, 2.75) is 17.6 Å². The molecule has 1 heterocycles. The lowest BCUT2D eigenvalue weighted by atomic mass is 10.2. The molecule has 2 rings (SSSR count). The molecule has 0 atom stereocenters. The normalized spacial score (nSPS) is 10.4. The van der Waals surface area contributed by atoms with Gasteiger partial charge in [0.2, 0.25) is 0 Å². The number of nitrogens with zero attached hydrogens (tertiary/aromatic N) is 1. The largest absolute Gasteiger partial charge is 0.259 e. The Morgan fingerprint density at radius 1 is 1.25 bits per heavy atom. The first-order valence-corrected chi connectivity index (χ1v) is 6.41. The number of thioether (sulfide) groups is 1. The molecule has 1 nitrogen and oxygen atoms in total. The molecule has 0 fully saturated rings. The van der Waals surface area contributed by atoms with E-state index in [1.165, 1.54) is 5.56 Å². The van der Waals surface area contributed by atoms with Gasteiger partial charge in [0.25, 0.3) is 0 Å². The minimum absolute atomic E-state index is 0.696. The van der Waals surface area contributed by atoms with Gasteiger partial charge in [-0.3, -0.25) is 4.98 Å². The van der Waals surface area contributed by atoms with Crippen molar-refractivity contribution in [3.8, 4) is 0 Å². The molecule has 1 aromatic heterocycles. The molecule has 0 aliphatic heterocycles. The number of hydrogen-bond donors (Lipinski definition) is 0. The standard InChI is InChI=1S/C13H12ClNS/c1-10-13(7-12(14)8-15-10)16-9-11-5-3-2-4-6-11/h2-8H,9H2,1H3. The number of rotatable bonds is 3. The van der Waals surface area contributed by atoms with Crippen LogP contribution in [0.1, 0.15) is 11.3 Å². The molecular formula is C13H12ClNS. The lowest BCUT2D eigenvalue weighted by Gasteiger charge is -2.05. The van der Waals surface area contributed by atoms with Gasteiger partial charge in [0.15, 0.2) is 0 Å². The minimum atomic E-state index is 0.696. The van der Waals surface area contributed by atoms with E-state index >= 15 is 0 Å². The Balaban J connectivity index is 2.08. The zero-order valence-corrected chi connectivity index (χ0v) is 10.6. The molecule has 3 heteroatoms. The molecule has 0 spiro atoms. The molecule has 16 heavy (non-hydrogen) atoms. The van der Waals surface area contributed by atoms with Crippen LogP contribution in [0, 0.1) is 6.92 Å². The number of aryl methyl sites for hydroxylation is 1. The van der Waals surface area contributed by atoms with Gasteiger partial charge in [-0.25, -0.2) is 0 Å². The fourth-order valence-electron chi connectivity index (χ4n) is 1.37.